The van der Waals surface area contributed by atoms with Crippen LogP contribution in [0.1, 0.15) is 44.6 Å². The topological polar surface area (TPSA) is 35.8 Å². The Morgan fingerprint density at radius 1 is 1.28 bits per heavy atom. The monoisotopic (exact) mass is 242 g/mol. The van der Waals surface area contributed by atoms with Crippen LogP contribution in [-0.4, -0.2) is 12.6 Å². The molecule has 0 radical (unpaired) electrons. The van der Waals surface area contributed by atoms with Crippen LogP contribution >= 0.6 is 0 Å². The zero-order valence-electron chi connectivity index (χ0n) is 11.2. The minimum atomic E-state index is -0.244. The molecule has 1 aromatic rings. The summed E-state index contributed by atoms with van der Waals surface area (Å²) < 4.78 is 0. The minimum Gasteiger partial charge on any atom is -0.314 e. The van der Waals surface area contributed by atoms with Crippen molar-refractivity contribution >= 4 is 0 Å². The van der Waals surface area contributed by atoms with E-state index in [-0.39, 0.29) is 5.41 Å². The van der Waals surface area contributed by atoms with Gasteiger partial charge in [0.2, 0.25) is 0 Å². The predicted octanol–water partition coefficient (Wildman–Crippen LogP) is 3.39. The summed E-state index contributed by atoms with van der Waals surface area (Å²) in [4.78, 5) is 0. The van der Waals surface area contributed by atoms with Crippen molar-refractivity contribution in [3.8, 4) is 6.07 Å². The molecular formula is C16H22N2. The molecule has 1 aliphatic rings. The molecule has 18 heavy (non-hydrogen) atoms. The smallest absolute Gasteiger partial charge is 0.0823 e. The van der Waals surface area contributed by atoms with E-state index in [2.05, 4.69) is 30.4 Å². The van der Waals surface area contributed by atoms with Crippen LogP contribution in [-0.2, 0) is 5.41 Å². The van der Waals surface area contributed by atoms with Crippen LogP contribution < -0.4 is 5.32 Å². The maximum absolute atomic E-state index is 9.59. The molecule has 1 aromatic carbocycles. The standard InChI is InChI=1S/C16H22N2/c1-2-12-18-15-8-10-16(13-17,11-9-15)14-6-4-3-5-7-14/h3-7,15,18H,2,8-12H2,1H3. The average molecular weight is 242 g/mol. The van der Waals surface area contributed by atoms with Crippen LogP contribution in [0.4, 0.5) is 0 Å². The van der Waals surface area contributed by atoms with E-state index >= 15 is 0 Å². The molecule has 96 valence electrons. The van der Waals surface area contributed by atoms with Crippen LogP contribution in [0.5, 0.6) is 0 Å². The molecular weight excluding hydrogens is 220 g/mol. The molecule has 0 saturated heterocycles. The van der Waals surface area contributed by atoms with E-state index in [0.717, 1.165) is 32.2 Å². The Balaban J connectivity index is 2.03. The van der Waals surface area contributed by atoms with Gasteiger partial charge in [0, 0.05) is 6.04 Å². The third-order valence-electron chi connectivity index (χ3n) is 4.06. The Kier molecular flexibility index (Phi) is 4.38. The molecule has 2 heteroatoms. The van der Waals surface area contributed by atoms with E-state index in [9.17, 15) is 5.26 Å². The van der Waals surface area contributed by atoms with Crippen molar-refractivity contribution in [3.63, 3.8) is 0 Å². The van der Waals surface area contributed by atoms with Gasteiger partial charge in [-0.3, -0.25) is 0 Å². The average Bonchev–Trinajstić information content (AvgIpc) is 2.46. The fraction of sp³-hybridized carbons (Fsp3) is 0.562. The third kappa shape index (κ3) is 2.73. The Bertz CT molecular complexity index is 397. The van der Waals surface area contributed by atoms with E-state index in [1.54, 1.807) is 0 Å². The minimum absolute atomic E-state index is 0.244. The lowest BCUT2D eigenvalue weighted by Gasteiger charge is -2.35. The van der Waals surface area contributed by atoms with Gasteiger partial charge in [-0.1, -0.05) is 37.3 Å². The maximum atomic E-state index is 9.59. The van der Waals surface area contributed by atoms with Crippen LogP contribution in [0.15, 0.2) is 30.3 Å². The van der Waals surface area contributed by atoms with Gasteiger partial charge in [0.25, 0.3) is 0 Å². The largest absolute Gasteiger partial charge is 0.314 e. The Morgan fingerprint density at radius 2 is 1.94 bits per heavy atom. The van der Waals surface area contributed by atoms with E-state index in [0.29, 0.717) is 6.04 Å². The van der Waals surface area contributed by atoms with Gasteiger partial charge in [-0.2, -0.15) is 5.26 Å². The number of benzene rings is 1. The summed E-state index contributed by atoms with van der Waals surface area (Å²) in [5.74, 6) is 0. The molecule has 0 heterocycles. The van der Waals surface area contributed by atoms with E-state index in [1.165, 1.54) is 12.0 Å². The molecule has 0 unspecified atom stereocenters. The summed E-state index contributed by atoms with van der Waals surface area (Å²) in [5.41, 5.74) is 0.951. The Morgan fingerprint density at radius 3 is 2.50 bits per heavy atom. The number of nitriles is 1. The summed E-state index contributed by atoms with van der Waals surface area (Å²) in [7, 11) is 0. The number of rotatable bonds is 4. The number of nitrogens with zero attached hydrogens (tertiary/aromatic N) is 1. The number of hydrogen-bond donors (Lipinski definition) is 1. The van der Waals surface area contributed by atoms with Crippen molar-refractivity contribution in [2.45, 2.75) is 50.5 Å². The van der Waals surface area contributed by atoms with E-state index in [4.69, 9.17) is 0 Å². The van der Waals surface area contributed by atoms with E-state index in [1.807, 2.05) is 18.2 Å². The molecule has 1 aliphatic carbocycles. The fourth-order valence-corrected chi connectivity index (χ4v) is 2.89. The lowest BCUT2D eigenvalue weighted by Crippen LogP contribution is -2.39. The first kappa shape index (κ1) is 13.1. The van der Waals surface area contributed by atoms with Crippen molar-refractivity contribution < 1.29 is 0 Å². The van der Waals surface area contributed by atoms with Crippen molar-refractivity contribution in [1.82, 2.24) is 5.32 Å². The number of hydrogen-bond acceptors (Lipinski definition) is 2. The van der Waals surface area contributed by atoms with Crippen LogP contribution in [0, 0.1) is 11.3 Å². The molecule has 2 rings (SSSR count). The highest BCUT2D eigenvalue weighted by Crippen LogP contribution is 2.38. The normalized spacial score (nSPS) is 27.7. The van der Waals surface area contributed by atoms with Crippen molar-refractivity contribution in [2.75, 3.05) is 6.54 Å². The van der Waals surface area contributed by atoms with Crippen LogP contribution in [0.2, 0.25) is 0 Å². The lowest BCUT2D eigenvalue weighted by molar-refractivity contribution is 0.296. The highest BCUT2D eigenvalue weighted by atomic mass is 14.9. The van der Waals surface area contributed by atoms with Gasteiger partial charge >= 0.3 is 0 Å². The Hall–Kier alpha value is -1.33. The van der Waals surface area contributed by atoms with Gasteiger partial charge in [0.05, 0.1) is 11.5 Å². The maximum Gasteiger partial charge on any atom is 0.0823 e. The van der Waals surface area contributed by atoms with Gasteiger partial charge in [0.15, 0.2) is 0 Å². The molecule has 0 atom stereocenters. The summed E-state index contributed by atoms with van der Waals surface area (Å²) in [6.45, 7) is 3.29. The summed E-state index contributed by atoms with van der Waals surface area (Å²) in [5, 5.41) is 13.2. The predicted molar refractivity (Wildman–Crippen MR) is 74.3 cm³/mol. The number of nitrogens with one attached hydrogen (secondary N) is 1. The fourth-order valence-electron chi connectivity index (χ4n) is 2.89. The Labute approximate surface area is 110 Å². The molecule has 0 aromatic heterocycles. The molecule has 0 spiro atoms. The molecule has 0 amide bonds. The van der Waals surface area contributed by atoms with Gasteiger partial charge < -0.3 is 5.32 Å². The van der Waals surface area contributed by atoms with E-state index < -0.39 is 0 Å². The zero-order valence-corrected chi connectivity index (χ0v) is 11.2. The molecule has 2 nitrogen and oxygen atoms in total. The molecule has 1 fully saturated rings. The highest BCUT2D eigenvalue weighted by molar-refractivity contribution is 5.33. The summed E-state index contributed by atoms with van der Waals surface area (Å²) in [6.07, 6.45) is 5.37. The van der Waals surface area contributed by atoms with Gasteiger partial charge in [-0.15, -0.1) is 0 Å². The molecule has 0 aliphatic heterocycles. The van der Waals surface area contributed by atoms with Crippen molar-refractivity contribution in [3.05, 3.63) is 35.9 Å². The third-order valence-corrected chi connectivity index (χ3v) is 4.06. The van der Waals surface area contributed by atoms with Gasteiger partial charge in [-0.25, -0.2) is 0 Å². The zero-order chi connectivity index (χ0) is 12.8. The second kappa shape index (κ2) is 6.02. The first-order chi connectivity index (χ1) is 8.80. The van der Waals surface area contributed by atoms with Gasteiger partial charge in [-0.05, 0) is 44.2 Å². The summed E-state index contributed by atoms with van der Waals surface area (Å²) >= 11 is 0. The molecule has 0 bridgehead atoms. The quantitative estimate of drug-likeness (QED) is 0.878. The second-order valence-corrected chi connectivity index (χ2v) is 5.29. The first-order valence-electron chi connectivity index (χ1n) is 7.01. The highest BCUT2D eigenvalue weighted by Gasteiger charge is 2.36. The van der Waals surface area contributed by atoms with Crippen molar-refractivity contribution in [2.24, 2.45) is 0 Å². The SMILES string of the molecule is CCCNC1CCC(C#N)(c2ccccc2)CC1. The second-order valence-electron chi connectivity index (χ2n) is 5.29. The molecule has 1 saturated carbocycles. The first-order valence-corrected chi connectivity index (χ1v) is 7.01. The van der Waals surface area contributed by atoms with Crippen molar-refractivity contribution in [1.29, 1.82) is 5.26 Å². The van der Waals surface area contributed by atoms with Gasteiger partial charge in [0.1, 0.15) is 0 Å². The van der Waals surface area contributed by atoms with Crippen LogP contribution in [0.3, 0.4) is 0 Å². The van der Waals surface area contributed by atoms with Crippen LogP contribution in [0.25, 0.3) is 0 Å². The summed E-state index contributed by atoms with van der Waals surface area (Å²) in [6, 6.07) is 13.5. The molecule has 1 N–H and O–H groups in total. The lowest BCUT2D eigenvalue weighted by atomic mass is 9.69.